The van der Waals surface area contributed by atoms with Crippen LogP contribution in [0.25, 0.3) is 6.08 Å². The van der Waals surface area contributed by atoms with Crippen LogP contribution < -0.4 is 5.32 Å². The molecule has 0 atom stereocenters. The van der Waals surface area contributed by atoms with Crippen molar-refractivity contribution in [2.45, 2.75) is 4.90 Å². The van der Waals surface area contributed by atoms with Gasteiger partial charge in [-0.3, -0.25) is 4.79 Å². The first-order valence-electron chi connectivity index (χ1n) is 8.49. The van der Waals surface area contributed by atoms with Gasteiger partial charge >= 0.3 is 0 Å². The Kier molecular flexibility index (Phi) is 6.74. The number of hydrogen-bond donors (Lipinski definition) is 1. The first-order valence-corrected chi connectivity index (χ1v) is 10.7. The Labute approximate surface area is 173 Å². The van der Waals surface area contributed by atoms with Crippen molar-refractivity contribution < 1.29 is 17.9 Å². The van der Waals surface area contributed by atoms with Gasteiger partial charge in [-0.05, 0) is 36.4 Å². The summed E-state index contributed by atoms with van der Waals surface area (Å²) in [6, 6.07) is 11.2. The molecule has 1 heterocycles. The minimum absolute atomic E-state index is 0.116. The number of nitrogens with one attached hydrogen (secondary N) is 1. The maximum absolute atomic E-state index is 12.7. The summed E-state index contributed by atoms with van der Waals surface area (Å²) in [5, 5.41) is 3.50. The smallest absolute Gasteiger partial charge is 0.248 e. The molecule has 1 amide bonds. The van der Waals surface area contributed by atoms with Gasteiger partial charge in [0, 0.05) is 40.5 Å². The highest BCUT2D eigenvalue weighted by atomic mass is 35.5. The van der Waals surface area contributed by atoms with E-state index >= 15 is 0 Å². The average Bonchev–Trinajstić information content (AvgIpc) is 2.68. The highest BCUT2D eigenvalue weighted by Crippen LogP contribution is 2.25. The second kappa shape index (κ2) is 9.07. The van der Waals surface area contributed by atoms with E-state index in [1.54, 1.807) is 30.3 Å². The Morgan fingerprint density at radius 1 is 1.07 bits per heavy atom. The molecule has 1 N–H and O–H groups in total. The van der Waals surface area contributed by atoms with Crippen molar-refractivity contribution in [2.75, 3.05) is 31.6 Å². The number of anilines is 1. The molecule has 28 heavy (non-hydrogen) atoms. The van der Waals surface area contributed by atoms with Crippen LogP contribution in [-0.2, 0) is 19.6 Å². The van der Waals surface area contributed by atoms with Crippen molar-refractivity contribution in [3.05, 3.63) is 64.1 Å². The van der Waals surface area contributed by atoms with E-state index in [1.807, 2.05) is 0 Å². The molecule has 2 aromatic carbocycles. The van der Waals surface area contributed by atoms with Crippen LogP contribution in [0.1, 0.15) is 5.56 Å². The lowest BCUT2D eigenvalue weighted by molar-refractivity contribution is -0.111. The molecule has 1 fully saturated rings. The molecule has 0 unspecified atom stereocenters. The molecule has 0 bridgehead atoms. The zero-order valence-corrected chi connectivity index (χ0v) is 17.1. The van der Waals surface area contributed by atoms with Gasteiger partial charge in [-0.2, -0.15) is 4.31 Å². The summed E-state index contributed by atoms with van der Waals surface area (Å²) in [5.74, 6) is -0.433. The van der Waals surface area contributed by atoms with Gasteiger partial charge in [0.1, 0.15) is 0 Å². The SMILES string of the molecule is O=C(/C=C/c1c(Cl)cccc1Cl)Nc1cccc(S(=O)(=O)N2CCOCC2)c1. The van der Waals surface area contributed by atoms with Crippen molar-refractivity contribution >= 4 is 50.9 Å². The Morgan fingerprint density at radius 2 is 1.71 bits per heavy atom. The molecular weight excluding hydrogens is 423 g/mol. The third-order valence-electron chi connectivity index (χ3n) is 4.11. The third-order valence-corrected chi connectivity index (χ3v) is 6.66. The topological polar surface area (TPSA) is 75.7 Å². The predicted octanol–water partition coefficient (Wildman–Crippen LogP) is 3.67. The number of rotatable bonds is 5. The standard InChI is InChI=1S/C19H18Cl2N2O4S/c20-17-5-2-6-18(21)16(17)7-8-19(24)22-14-3-1-4-15(13-14)28(25,26)23-9-11-27-12-10-23/h1-8,13H,9-12H2,(H,22,24)/b8-7+. The van der Waals surface area contributed by atoms with E-state index in [1.165, 1.54) is 28.6 Å². The highest BCUT2D eigenvalue weighted by Gasteiger charge is 2.26. The summed E-state index contributed by atoms with van der Waals surface area (Å²) >= 11 is 12.1. The van der Waals surface area contributed by atoms with Crippen LogP contribution in [0, 0.1) is 0 Å². The summed E-state index contributed by atoms with van der Waals surface area (Å²) in [4.78, 5) is 12.3. The van der Waals surface area contributed by atoms with E-state index in [4.69, 9.17) is 27.9 Å². The van der Waals surface area contributed by atoms with Gasteiger partial charge < -0.3 is 10.1 Å². The number of carbonyl (C=O) groups is 1. The van der Waals surface area contributed by atoms with Crippen molar-refractivity contribution in [3.63, 3.8) is 0 Å². The van der Waals surface area contributed by atoms with E-state index in [2.05, 4.69) is 5.32 Å². The number of ether oxygens (including phenoxy) is 1. The van der Waals surface area contributed by atoms with E-state index in [9.17, 15) is 13.2 Å². The van der Waals surface area contributed by atoms with E-state index in [0.717, 1.165) is 0 Å². The van der Waals surface area contributed by atoms with Crippen LogP contribution in [0.15, 0.2) is 53.4 Å². The molecule has 0 aliphatic carbocycles. The van der Waals surface area contributed by atoms with E-state index in [0.29, 0.717) is 47.6 Å². The van der Waals surface area contributed by atoms with Gasteiger partial charge in [0.2, 0.25) is 15.9 Å². The fraction of sp³-hybridized carbons (Fsp3) is 0.211. The van der Waals surface area contributed by atoms with Crippen LogP contribution in [0.3, 0.4) is 0 Å². The van der Waals surface area contributed by atoms with Gasteiger partial charge in [0.15, 0.2) is 0 Å². The number of morpholine rings is 1. The van der Waals surface area contributed by atoms with Crippen molar-refractivity contribution in [1.29, 1.82) is 0 Å². The quantitative estimate of drug-likeness (QED) is 0.719. The zero-order chi connectivity index (χ0) is 20.1. The molecule has 6 nitrogen and oxygen atoms in total. The Bertz CT molecular complexity index is 982. The zero-order valence-electron chi connectivity index (χ0n) is 14.8. The Morgan fingerprint density at radius 3 is 2.39 bits per heavy atom. The van der Waals surface area contributed by atoms with Crippen LogP contribution in [0.5, 0.6) is 0 Å². The summed E-state index contributed by atoms with van der Waals surface area (Å²) < 4.78 is 32.0. The van der Waals surface area contributed by atoms with Crippen molar-refractivity contribution in [3.8, 4) is 0 Å². The monoisotopic (exact) mass is 440 g/mol. The van der Waals surface area contributed by atoms with Crippen LogP contribution in [0.2, 0.25) is 10.0 Å². The summed E-state index contributed by atoms with van der Waals surface area (Å²) in [5.41, 5.74) is 0.902. The number of benzene rings is 2. The second-order valence-electron chi connectivity index (χ2n) is 6.00. The van der Waals surface area contributed by atoms with Crippen LogP contribution in [-0.4, -0.2) is 44.9 Å². The van der Waals surface area contributed by atoms with E-state index < -0.39 is 15.9 Å². The molecule has 148 valence electrons. The molecule has 3 rings (SSSR count). The first-order chi connectivity index (χ1) is 13.4. The van der Waals surface area contributed by atoms with Crippen molar-refractivity contribution in [2.24, 2.45) is 0 Å². The second-order valence-corrected chi connectivity index (χ2v) is 8.75. The van der Waals surface area contributed by atoms with Crippen molar-refractivity contribution in [1.82, 2.24) is 4.31 Å². The van der Waals surface area contributed by atoms with E-state index in [-0.39, 0.29) is 4.90 Å². The molecule has 0 spiro atoms. The lowest BCUT2D eigenvalue weighted by atomic mass is 10.2. The molecule has 1 saturated heterocycles. The maximum atomic E-state index is 12.7. The average molecular weight is 441 g/mol. The number of carbonyl (C=O) groups excluding carboxylic acids is 1. The Balaban J connectivity index is 1.74. The molecule has 1 aliphatic rings. The minimum atomic E-state index is -3.64. The fourth-order valence-corrected chi connectivity index (χ4v) is 4.66. The molecular formula is C19H18Cl2N2O4S. The number of nitrogens with zero attached hydrogens (tertiary/aromatic N) is 1. The highest BCUT2D eigenvalue weighted by molar-refractivity contribution is 7.89. The number of amides is 1. The number of hydrogen-bond acceptors (Lipinski definition) is 4. The van der Waals surface area contributed by atoms with Gasteiger partial charge in [0.05, 0.1) is 18.1 Å². The molecule has 2 aromatic rings. The third kappa shape index (κ3) is 4.92. The minimum Gasteiger partial charge on any atom is -0.379 e. The first kappa shape index (κ1) is 20.8. The summed E-state index contributed by atoms with van der Waals surface area (Å²) in [7, 11) is -3.64. The summed E-state index contributed by atoms with van der Waals surface area (Å²) in [6.45, 7) is 1.34. The van der Waals surface area contributed by atoms with Gasteiger partial charge in [-0.1, -0.05) is 35.3 Å². The predicted molar refractivity (Wildman–Crippen MR) is 110 cm³/mol. The fourth-order valence-electron chi connectivity index (χ4n) is 2.68. The van der Waals surface area contributed by atoms with Crippen LogP contribution in [0.4, 0.5) is 5.69 Å². The molecule has 9 heteroatoms. The van der Waals surface area contributed by atoms with Crippen LogP contribution >= 0.6 is 23.2 Å². The normalized spacial score (nSPS) is 15.6. The molecule has 1 aliphatic heterocycles. The Hall–Kier alpha value is -1.90. The van der Waals surface area contributed by atoms with Gasteiger partial charge in [-0.15, -0.1) is 0 Å². The molecule has 0 saturated carbocycles. The lowest BCUT2D eigenvalue weighted by Gasteiger charge is -2.26. The molecule has 0 aromatic heterocycles. The lowest BCUT2D eigenvalue weighted by Crippen LogP contribution is -2.40. The summed E-state index contributed by atoms with van der Waals surface area (Å²) in [6.07, 6.45) is 2.80. The maximum Gasteiger partial charge on any atom is 0.248 e. The number of halogens is 2. The largest absolute Gasteiger partial charge is 0.379 e. The van der Waals surface area contributed by atoms with Gasteiger partial charge in [0.25, 0.3) is 0 Å². The molecule has 0 radical (unpaired) electrons. The van der Waals surface area contributed by atoms with Gasteiger partial charge in [-0.25, -0.2) is 8.42 Å². The number of sulfonamides is 1.